The zero-order valence-corrected chi connectivity index (χ0v) is 7.96. The molecule has 0 heterocycles. The third-order valence-electron chi connectivity index (χ3n) is 1.78. The van der Waals surface area contributed by atoms with E-state index in [-0.39, 0.29) is 18.5 Å². The Balaban J connectivity index is 2.98. The number of hydrogen-bond donors (Lipinski definition) is 1. The van der Waals surface area contributed by atoms with Gasteiger partial charge in [-0.15, -0.1) is 6.42 Å². The number of hydrogen-bond acceptors (Lipinski definition) is 2. The van der Waals surface area contributed by atoms with Crippen molar-refractivity contribution in [2.75, 3.05) is 6.61 Å². The molecule has 0 radical (unpaired) electrons. The second kappa shape index (κ2) is 4.64. The summed E-state index contributed by atoms with van der Waals surface area (Å²) >= 11 is 0. The second-order valence-electron chi connectivity index (χ2n) is 2.96. The summed E-state index contributed by atoms with van der Waals surface area (Å²) in [5.41, 5.74) is 6.43. The van der Waals surface area contributed by atoms with Crippen molar-refractivity contribution in [3.8, 4) is 18.1 Å². The summed E-state index contributed by atoms with van der Waals surface area (Å²) in [4.78, 5) is 0. The van der Waals surface area contributed by atoms with Crippen LogP contribution in [0.1, 0.15) is 18.5 Å². The van der Waals surface area contributed by atoms with E-state index < -0.39 is 0 Å². The SMILES string of the molecule is C#CCOc1cc(F)ccc1C(C)N. The first-order valence-electron chi connectivity index (χ1n) is 4.26. The van der Waals surface area contributed by atoms with Crippen molar-refractivity contribution in [2.24, 2.45) is 5.73 Å². The number of nitrogens with two attached hydrogens (primary N) is 1. The molecule has 1 atom stereocenters. The highest BCUT2D eigenvalue weighted by molar-refractivity contribution is 5.36. The highest BCUT2D eigenvalue weighted by Gasteiger charge is 2.08. The molecule has 0 bridgehead atoms. The van der Waals surface area contributed by atoms with E-state index in [4.69, 9.17) is 16.9 Å². The van der Waals surface area contributed by atoms with Crippen LogP contribution in [0, 0.1) is 18.2 Å². The number of ether oxygens (including phenoxy) is 1. The molecule has 0 spiro atoms. The quantitative estimate of drug-likeness (QED) is 0.743. The maximum atomic E-state index is 12.9. The molecule has 3 heteroatoms. The van der Waals surface area contributed by atoms with Crippen LogP contribution in [-0.2, 0) is 0 Å². The lowest BCUT2D eigenvalue weighted by atomic mass is 10.1. The van der Waals surface area contributed by atoms with Gasteiger partial charge in [0.2, 0.25) is 0 Å². The summed E-state index contributed by atoms with van der Waals surface area (Å²) in [6.07, 6.45) is 5.04. The Morgan fingerprint density at radius 1 is 1.64 bits per heavy atom. The molecule has 1 aromatic rings. The third kappa shape index (κ3) is 2.48. The van der Waals surface area contributed by atoms with Gasteiger partial charge in [0.05, 0.1) is 0 Å². The van der Waals surface area contributed by atoms with E-state index in [1.165, 1.54) is 12.1 Å². The summed E-state index contributed by atoms with van der Waals surface area (Å²) in [6.45, 7) is 1.92. The summed E-state index contributed by atoms with van der Waals surface area (Å²) < 4.78 is 18.0. The largest absolute Gasteiger partial charge is 0.481 e. The van der Waals surface area contributed by atoms with Crippen LogP contribution < -0.4 is 10.5 Å². The Hall–Kier alpha value is -1.53. The fourth-order valence-corrected chi connectivity index (χ4v) is 1.13. The van der Waals surface area contributed by atoms with Crippen LogP contribution in [-0.4, -0.2) is 6.61 Å². The lowest BCUT2D eigenvalue weighted by molar-refractivity contribution is 0.361. The standard InChI is InChI=1S/C11H12FNO/c1-3-6-14-11-7-9(12)4-5-10(11)8(2)13/h1,4-5,7-8H,6,13H2,2H3. The Labute approximate surface area is 82.9 Å². The summed E-state index contributed by atoms with van der Waals surface area (Å²) in [7, 11) is 0. The smallest absolute Gasteiger partial charge is 0.148 e. The van der Waals surface area contributed by atoms with Crippen LogP contribution in [0.2, 0.25) is 0 Å². The normalized spacial score (nSPS) is 11.9. The van der Waals surface area contributed by atoms with Crippen LogP contribution in [0.5, 0.6) is 5.75 Å². The molecule has 0 aliphatic rings. The molecular formula is C11H12FNO. The predicted octanol–water partition coefficient (Wildman–Crippen LogP) is 1.86. The molecule has 74 valence electrons. The fourth-order valence-electron chi connectivity index (χ4n) is 1.13. The third-order valence-corrected chi connectivity index (χ3v) is 1.78. The number of terminal acetylenes is 1. The maximum Gasteiger partial charge on any atom is 0.148 e. The minimum absolute atomic E-state index is 0.114. The molecular weight excluding hydrogens is 181 g/mol. The first kappa shape index (κ1) is 10.6. The zero-order chi connectivity index (χ0) is 10.6. The van der Waals surface area contributed by atoms with Gasteiger partial charge in [0.1, 0.15) is 18.2 Å². The number of benzene rings is 1. The van der Waals surface area contributed by atoms with E-state index >= 15 is 0 Å². The van der Waals surface area contributed by atoms with Crippen molar-refractivity contribution in [3.63, 3.8) is 0 Å². The topological polar surface area (TPSA) is 35.2 Å². The predicted molar refractivity (Wildman–Crippen MR) is 53.3 cm³/mol. The van der Waals surface area contributed by atoms with Gasteiger partial charge in [-0.1, -0.05) is 12.0 Å². The van der Waals surface area contributed by atoms with Crippen LogP contribution in [0.4, 0.5) is 4.39 Å². The van der Waals surface area contributed by atoms with Gasteiger partial charge in [-0.3, -0.25) is 0 Å². The van der Waals surface area contributed by atoms with Crippen molar-refractivity contribution in [1.29, 1.82) is 0 Å². The van der Waals surface area contributed by atoms with Gasteiger partial charge in [0.15, 0.2) is 0 Å². The van der Waals surface area contributed by atoms with Crippen molar-refractivity contribution >= 4 is 0 Å². The van der Waals surface area contributed by atoms with Crippen LogP contribution in [0.15, 0.2) is 18.2 Å². The fraction of sp³-hybridized carbons (Fsp3) is 0.273. The number of rotatable bonds is 3. The van der Waals surface area contributed by atoms with E-state index in [9.17, 15) is 4.39 Å². The van der Waals surface area contributed by atoms with E-state index in [2.05, 4.69) is 5.92 Å². The molecule has 1 aromatic carbocycles. The minimum Gasteiger partial charge on any atom is -0.481 e. The van der Waals surface area contributed by atoms with E-state index in [1.807, 2.05) is 0 Å². The Kier molecular flexibility index (Phi) is 3.49. The van der Waals surface area contributed by atoms with Gasteiger partial charge in [-0.25, -0.2) is 4.39 Å². The van der Waals surface area contributed by atoms with Crippen molar-refractivity contribution in [1.82, 2.24) is 0 Å². The van der Waals surface area contributed by atoms with Crippen molar-refractivity contribution in [3.05, 3.63) is 29.6 Å². The monoisotopic (exact) mass is 193 g/mol. The molecule has 0 saturated carbocycles. The molecule has 0 saturated heterocycles. The van der Waals surface area contributed by atoms with Crippen LogP contribution >= 0.6 is 0 Å². The summed E-state index contributed by atoms with van der Waals surface area (Å²) in [5.74, 6) is 2.37. The molecule has 0 aliphatic carbocycles. The highest BCUT2D eigenvalue weighted by Crippen LogP contribution is 2.24. The van der Waals surface area contributed by atoms with E-state index in [1.54, 1.807) is 13.0 Å². The number of halogens is 1. The van der Waals surface area contributed by atoms with Gasteiger partial charge in [-0.05, 0) is 13.0 Å². The summed E-state index contributed by atoms with van der Waals surface area (Å²) in [5, 5.41) is 0. The van der Waals surface area contributed by atoms with Gasteiger partial charge >= 0.3 is 0 Å². The average Bonchev–Trinajstić information content (AvgIpc) is 2.14. The minimum atomic E-state index is -0.360. The Bertz CT molecular complexity index is 355. The van der Waals surface area contributed by atoms with Gasteiger partial charge in [-0.2, -0.15) is 0 Å². The molecule has 2 nitrogen and oxygen atoms in total. The molecule has 14 heavy (non-hydrogen) atoms. The van der Waals surface area contributed by atoms with Crippen LogP contribution in [0.3, 0.4) is 0 Å². The van der Waals surface area contributed by atoms with Gasteiger partial charge < -0.3 is 10.5 Å². The lowest BCUT2D eigenvalue weighted by Crippen LogP contribution is -2.08. The Morgan fingerprint density at radius 2 is 2.36 bits per heavy atom. The van der Waals surface area contributed by atoms with E-state index in [0.717, 1.165) is 5.56 Å². The van der Waals surface area contributed by atoms with Crippen LogP contribution in [0.25, 0.3) is 0 Å². The molecule has 0 amide bonds. The molecule has 0 aromatic heterocycles. The molecule has 2 N–H and O–H groups in total. The van der Waals surface area contributed by atoms with Crippen molar-refractivity contribution < 1.29 is 9.13 Å². The van der Waals surface area contributed by atoms with Crippen molar-refractivity contribution in [2.45, 2.75) is 13.0 Å². The van der Waals surface area contributed by atoms with E-state index in [0.29, 0.717) is 5.75 Å². The first-order valence-corrected chi connectivity index (χ1v) is 4.26. The average molecular weight is 193 g/mol. The second-order valence-corrected chi connectivity index (χ2v) is 2.96. The molecule has 0 aliphatic heterocycles. The zero-order valence-electron chi connectivity index (χ0n) is 7.96. The lowest BCUT2D eigenvalue weighted by Gasteiger charge is -2.12. The molecule has 1 rings (SSSR count). The highest BCUT2D eigenvalue weighted by atomic mass is 19.1. The maximum absolute atomic E-state index is 12.9. The molecule has 0 fully saturated rings. The summed E-state index contributed by atoms with van der Waals surface area (Å²) in [6, 6.07) is 4.03. The Morgan fingerprint density at radius 3 is 2.93 bits per heavy atom. The van der Waals surface area contributed by atoms with Gasteiger partial charge in [0.25, 0.3) is 0 Å². The first-order chi connectivity index (χ1) is 6.65. The molecule has 1 unspecified atom stereocenters. The van der Waals surface area contributed by atoms with Gasteiger partial charge in [0, 0.05) is 17.7 Å².